The molecule has 0 saturated carbocycles. The number of alkyl halides is 6. The minimum absolute atomic E-state index is 0.122. The third kappa shape index (κ3) is 4.54. The van der Waals surface area contributed by atoms with Gasteiger partial charge in [-0.3, -0.25) is 10.2 Å². The molecule has 2 rings (SSSR count). The Balaban J connectivity index is 0.000000204. The molecule has 12 heteroatoms. The minimum Gasteiger partial charge on any atom is -0.274 e. The van der Waals surface area contributed by atoms with Gasteiger partial charge in [-0.15, -0.1) is 0 Å². The molecule has 0 spiro atoms. The maximum atomic E-state index is 11.9. The van der Waals surface area contributed by atoms with E-state index >= 15 is 0 Å². The average Bonchev–Trinajstić information content (AvgIpc) is 2.89. The van der Waals surface area contributed by atoms with Gasteiger partial charge in [-0.2, -0.15) is 36.5 Å². The second-order valence-corrected chi connectivity index (χ2v) is 4.57. The van der Waals surface area contributed by atoms with Crippen molar-refractivity contribution in [1.29, 1.82) is 0 Å². The molecule has 2 aromatic heterocycles. The van der Waals surface area contributed by atoms with E-state index in [1.54, 1.807) is 32.8 Å². The molecule has 2 heterocycles. The van der Waals surface area contributed by atoms with Crippen LogP contribution in [-0.2, 0) is 12.4 Å². The Morgan fingerprint density at radius 1 is 1.05 bits per heavy atom. The Kier molecular flexibility index (Phi) is 5.29. The molecular formula is C8H4ClF6IN4. The van der Waals surface area contributed by atoms with Crippen LogP contribution in [0.1, 0.15) is 11.4 Å². The van der Waals surface area contributed by atoms with Crippen LogP contribution in [0.3, 0.4) is 0 Å². The second-order valence-electron chi connectivity index (χ2n) is 3.17. The van der Waals surface area contributed by atoms with Crippen LogP contribution in [0.15, 0.2) is 12.3 Å². The molecule has 0 atom stereocenters. The van der Waals surface area contributed by atoms with Crippen molar-refractivity contribution in [2.75, 3.05) is 0 Å². The van der Waals surface area contributed by atoms with Crippen molar-refractivity contribution in [2.45, 2.75) is 12.4 Å². The molecule has 0 fully saturated rings. The van der Waals surface area contributed by atoms with Gasteiger partial charge in [0.05, 0.1) is 0 Å². The van der Waals surface area contributed by atoms with Crippen molar-refractivity contribution in [2.24, 2.45) is 0 Å². The lowest BCUT2D eigenvalue weighted by Gasteiger charge is -2.01. The van der Waals surface area contributed by atoms with Gasteiger partial charge in [0.1, 0.15) is 14.4 Å². The molecular weight excluding hydrogens is 428 g/mol. The maximum Gasteiger partial charge on any atom is 0.434 e. The maximum absolute atomic E-state index is 11.9. The lowest BCUT2D eigenvalue weighted by Crippen LogP contribution is -2.05. The van der Waals surface area contributed by atoms with E-state index in [0.717, 1.165) is 12.3 Å². The summed E-state index contributed by atoms with van der Waals surface area (Å²) < 4.78 is 70.5. The number of halogens is 8. The quantitative estimate of drug-likeness (QED) is 0.486. The molecule has 0 aliphatic carbocycles. The fourth-order valence-electron chi connectivity index (χ4n) is 0.908. The van der Waals surface area contributed by atoms with Crippen LogP contribution in [0.5, 0.6) is 0 Å². The van der Waals surface area contributed by atoms with E-state index in [1.165, 1.54) is 0 Å². The van der Waals surface area contributed by atoms with Crippen LogP contribution >= 0.6 is 34.2 Å². The molecule has 0 saturated heterocycles. The van der Waals surface area contributed by atoms with Crippen LogP contribution < -0.4 is 0 Å². The predicted octanol–water partition coefficient (Wildman–Crippen LogP) is 4.12. The molecule has 0 aromatic carbocycles. The number of nitrogens with zero attached hydrogens (tertiary/aromatic N) is 2. The van der Waals surface area contributed by atoms with Crippen molar-refractivity contribution >= 4 is 34.2 Å². The van der Waals surface area contributed by atoms with Gasteiger partial charge < -0.3 is 0 Å². The molecule has 0 amide bonds. The highest BCUT2D eigenvalue weighted by Gasteiger charge is 2.36. The summed E-state index contributed by atoms with van der Waals surface area (Å²) in [5, 5.41) is 9.66. The van der Waals surface area contributed by atoms with E-state index < -0.39 is 23.7 Å². The highest BCUT2D eigenvalue weighted by molar-refractivity contribution is 14.1. The van der Waals surface area contributed by atoms with E-state index in [-0.39, 0.29) is 8.72 Å². The van der Waals surface area contributed by atoms with Crippen molar-refractivity contribution < 1.29 is 26.3 Å². The fourth-order valence-corrected chi connectivity index (χ4v) is 1.49. The zero-order chi connectivity index (χ0) is 15.6. The van der Waals surface area contributed by atoms with Gasteiger partial charge in [-0.05, 0) is 28.7 Å². The molecule has 0 unspecified atom stereocenters. The van der Waals surface area contributed by atoms with Gasteiger partial charge in [0, 0.05) is 6.20 Å². The molecule has 0 aliphatic heterocycles. The Hall–Kier alpha value is -0.980. The Bertz CT molecular complexity index is 546. The number of hydrogen-bond donors (Lipinski definition) is 2. The van der Waals surface area contributed by atoms with Crippen molar-refractivity contribution in [3.63, 3.8) is 0 Å². The van der Waals surface area contributed by atoms with E-state index in [1.807, 2.05) is 0 Å². The van der Waals surface area contributed by atoms with Crippen LogP contribution in [0.2, 0.25) is 5.02 Å². The van der Waals surface area contributed by atoms with Crippen LogP contribution in [-0.4, -0.2) is 20.4 Å². The fraction of sp³-hybridized carbons (Fsp3) is 0.250. The average molecular weight is 432 g/mol. The summed E-state index contributed by atoms with van der Waals surface area (Å²) in [6.45, 7) is 0. The van der Waals surface area contributed by atoms with Gasteiger partial charge in [-0.1, -0.05) is 11.6 Å². The SMILES string of the molecule is FC(F)(F)c1[nH]nc(I)c1Cl.FC(F)(F)c1ccn[nH]1. The van der Waals surface area contributed by atoms with Crippen molar-refractivity contribution in [3.8, 4) is 0 Å². The summed E-state index contributed by atoms with van der Waals surface area (Å²) in [4.78, 5) is 0. The number of aromatic nitrogens is 4. The van der Waals surface area contributed by atoms with Gasteiger partial charge >= 0.3 is 12.4 Å². The van der Waals surface area contributed by atoms with Gasteiger partial charge in [0.15, 0.2) is 5.69 Å². The first-order valence-electron chi connectivity index (χ1n) is 4.56. The van der Waals surface area contributed by atoms with Gasteiger partial charge in [-0.25, -0.2) is 0 Å². The number of aromatic amines is 2. The lowest BCUT2D eigenvalue weighted by molar-refractivity contribution is -0.141. The number of H-pyrrole nitrogens is 2. The number of hydrogen-bond acceptors (Lipinski definition) is 2. The Labute approximate surface area is 126 Å². The summed E-state index contributed by atoms with van der Waals surface area (Å²) in [5.74, 6) is 0. The van der Waals surface area contributed by atoms with Crippen molar-refractivity contribution in [3.05, 3.63) is 32.4 Å². The monoisotopic (exact) mass is 432 g/mol. The van der Waals surface area contributed by atoms with Crippen LogP contribution in [0.4, 0.5) is 26.3 Å². The molecule has 112 valence electrons. The second kappa shape index (κ2) is 6.20. The molecule has 2 aromatic rings. The zero-order valence-corrected chi connectivity index (χ0v) is 12.0. The van der Waals surface area contributed by atoms with Crippen molar-refractivity contribution in [1.82, 2.24) is 20.4 Å². The first-order chi connectivity index (χ1) is 9.03. The molecule has 4 nitrogen and oxygen atoms in total. The minimum atomic E-state index is -4.45. The van der Waals surface area contributed by atoms with Gasteiger partial charge in [0.2, 0.25) is 0 Å². The molecule has 0 bridgehead atoms. The number of nitrogens with one attached hydrogen (secondary N) is 2. The molecule has 20 heavy (non-hydrogen) atoms. The predicted molar refractivity (Wildman–Crippen MR) is 64.9 cm³/mol. The van der Waals surface area contributed by atoms with Gasteiger partial charge in [0.25, 0.3) is 0 Å². The summed E-state index contributed by atoms with van der Waals surface area (Å²) in [5.41, 5.74) is -1.81. The summed E-state index contributed by atoms with van der Waals surface area (Å²) >= 11 is 6.88. The summed E-state index contributed by atoms with van der Waals surface area (Å²) in [6.07, 6.45) is -7.69. The molecule has 2 N–H and O–H groups in total. The highest BCUT2D eigenvalue weighted by atomic mass is 127. The van der Waals surface area contributed by atoms with E-state index in [0.29, 0.717) is 0 Å². The standard InChI is InChI=1S/C4HClF3IN2.C4H3F3N2/c5-1-2(4(6,7)8)10-11-3(1)9;5-4(6,7)3-1-2-8-9-3/h(H,10,11);1-2H,(H,8,9). The Morgan fingerprint density at radius 3 is 1.85 bits per heavy atom. The van der Waals surface area contributed by atoms with E-state index in [9.17, 15) is 26.3 Å². The largest absolute Gasteiger partial charge is 0.434 e. The summed E-state index contributed by atoms with van der Waals surface area (Å²) in [6, 6.07) is 0.875. The smallest absolute Gasteiger partial charge is 0.274 e. The molecule has 0 radical (unpaired) electrons. The topological polar surface area (TPSA) is 57.4 Å². The normalized spacial score (nSPS) is 12.0. The van der Waals surface area contributed by atoms with E-state index in [4.69, 9.17) is 11.6 Å². The Morgan fingerprint density at radius 2 is 1.65 bits per heavy atom. The third-order valence-corrected chi connectivity index (χ3v) is 3.22. The molecule has 0 aliphatic rings. The van der Waals surface area contributed by atoms with E-state index in [2.05, 4.69) is 10.2 Å². The first kappa shape index (κ1) is 17.1. The summed E-state index contributed by atoms with van der Waals surface area (Å²) in [7, 11) is 0. The highest BCUT2D eigenvalue weighted by Crippen LogP contribution is 2.34. The lowest BCUT2D eigenvalue weighted by atomic mass is 10.4. The van der Waals surface area contributed by atoms with Crippen LogP contribution in [0.25, 0.3) is 0 Å². The zero-order valence-electron chi connectivity index (χ0n) is 9.07. The number of rotatable bonds is 0. The third-order valence-electron chi connectivity index (χ3n) is 1.76. The van der Waals surface area contributed by atoms with Crippen LogP contribution in [0, 0.1) is 3.70 Å². The first-order valence-corrected chi connectivity index (χ1v) is 6.02.